The molecule has 0 unspecified atom stereocenters. The molecule has 0 saturated heterocycles. The van der Waals surface area contributed by atoms with Crippen molar-refractivity contribution in [3.8, 4) is 6.07 Å². The van der Waals surface area contributed by atoms with Crippen LogP contribution in [-0.4, -0.2) is 19.0 Å². The second-order valence-electron chi connectivity index (χ2n) is 3.35. The monoisotopic (exact) mass is 174 g/mol. The molecule has 1 aromatic carbocycles. The van der Waals surface area contributed by atoms with Crippen molar-refractivity contribution >= 4 is 0 Å². The summed E-state index contributed by atoms with van der Waals surface area (Å²) < 4.78 is 0. The Labute approximate surface area is 79.4 Å². The maximum Gasteiger partial charge on any atom is 0.123 e. The lowest BCUT2D eigenvalue weighted by molar-refractivity contribution is 0.357. The predicted octanol–water partition coefficient (Wildman–Crippen LogP) is 2.12. The van der Waals surface area contributed by atoms with E-state index >= 15 is 0 Å². The number of nitriles is 1. The predicted molar refractivity (Wildman–Crippen MR) is 53.2 cm³/mol. The Balaban J connectivity index is 3.07. The highest BCUT2D eigenvalue weighted by atomic mass is 15.1. The fourth-order valence-electron chi connectivity index (χ4n) is 1.36. The van der Waals surface area contributed by atoms with Crippen molar-refractivity contribution in [2.24, 2.45) is 0 Å². The SMILES string of the molecule is Cc1ccccc1[C@@H](C#N)N(C)C. The summed E-state index contributed by atoms with van der Waals surface area (Å²) in [7, 11) is 3.83. The summed E-state index contributed by atoms with van der Waals surface area (Å²) in [5.41, 5.74) is 2.26. The van der Waals surface area contributed by atoms with Gasteiger partial charge in [0.2, 0.25) is 0 Å². The molecule has 0 spiro atoms. The normalized spacial score (nSPS) is 12.5. The fraction of sp³-hybridized carbons (Fsp3) is 0.364. The van der Waals surface area contributed by atoms with Crippen LogP contribution in [0.15, 0.2) is 24.3 Å². The van der Waals surface area contributed by atoms with E-state index in [0.29, 0.717) is 0 Å². The van der Waals surface area contributed by atoms with E-state index in [0.717, 1.165) is 5.56 Å². The van der Waals surface area contributed by atoms with Gasteiger partial charge in [-0.1, -0.05) is 24.3 Å². The summed E-state index contributed by atoms with van der Waals surface area (Å²) in [5, 5.41) is 8.98. The van der Waals surface area contributed by atoms with Gasteiger partial charge in [-0.15, -0.1) is 0 Å². The molecular formula is C11H14N2. The zero-order chi connectivity index (χ0) is 9.84. The highest BCUT2D eigenvalue weighted by Crippen LogP contribution is 2.20. The zero-order valence-corrected chi connectivity index (χ0v) is 8.28. The molecule has 1 aromatic rings. The van der Waals surface area contributed by atoms with E-state index in [1.807, 2.05) is 50.2 Å². The van der Waals surface area contributed by atoms with E-state index in [-0.39, 0.29) is 6.04 Å². The molecule has 0 aliphatic heterocycles. The van der Waals surface area contributed by atoms with E-state index in [2.05, 4.69) is 6.07 Å². The minimum absolute atomic E-state index is 0.138. The summed E-state index contributed by atoms with van der Waals surface area (Å²) in [4.78, 5) is 1.92. The largest absolute Gasteiger partial charge is 0.291 e. The molecule has 0 bridgehead atoms. The summed E-state index contributed by atoms with van der Waals surface area (Å²) in [6.45, 7) is 2.03. The fourth-order valence-corrected chi connectivity index (χ4v) is 1.36. The van der Waals surface area contributed by atoms with Crippen LogP contribution < -0.4 is 0 Å². The Hall–Kier alpha value is -1.33. The van der Waals surface area contributed by atoms with Gasteiger partial charge in [0.25, 0.3) is 0 Å². The topological polar surface area (TPSA) is 27.0 Å². The Morgan fingerprint density at radius 1 is 1.31 bits per heavy atom. The highest BCUT2D eigenvalue weighted by molar-refractivity contribution is 5.31. The van der Waals surface area contributed by atoms with Crippen LogP contribution >= 0.6 is 0 Å². The van der Waals surface area contributed by atoms with Crippen LogP contribution in [0, 0.1) is 18.3 Å². The van der Waals surface area contributed by atoms with Crippen molar-refractivity contribution in [2.45, 2.75) is 13.0 Å². The van der Waals surface area contributed by atoms with Gasteiger partial charge in [0.1, 0.15) is 6.04 Å². The van der Waals surface area contributed by atoms with E-state index in [4.69, 9.17) is 5.26 Å². The molecular weight excluding hydrogens is 160 g/mol. The van der Waals surface area contributed by atoms with Gasteiger partial charge < -0.3 is 0 Å². The van der Waals surface area contributed by atoms with Gasteiger partial charge in [-0.25, -0.2) is 0 Å². The first-order chi connectivity index (χ1) is 6.16. The summed E-state index contributed by atoms with van der Waals surface area (Å²) in [6, 6.07) is 10.1. The molecule has 0 heterocycles. The Kier molecular flexibility index (Phi) is 3.05. The third kappa shape index (κ3) is 2.07. The minimum atomic E-state index is -0.138. The average Bonchev–Trinajstić information content (AvgIpc) is 2.09. The molecule has 2 nitrogen and oxygen atoms in total. The summed E-state index contributed by atoms with van der Waals surface area (Å²) in [6.07, 6.45) is 0. The number of hydrogen-bond acceptors (Lipinski definition) is 2. The number of nitrogens with zero attached hydrogens (tertiary/aromatic N) is 2. The number of aryl methyl sites for hydroxylation is 1. The van der Waals surface area contributed by atoms with Gasteiger partial charge >= 0.3 is 0 Å². The van der Waals surface area contributed by atoms with Gasteiger partial charge in [0, 0.05) is 0 Å². The standard InChI is InChI=1S/C11H14N2/c1-9-6-4-5-7-10(9)11(8-12)13(2)3/h4-7,11H,1-3H3/t11-/m1/s1. The Morgan fingerprint density at radius 3 is 2.38 bits per heavy atom. The molecule has 0 fully saturated rings. The van der Waals surface area contributed by atoms with Crippen LogP contribution in [0.1, 0.15) is 17.2 Å². The van der Waals surface area contributed by atoms with Crippen LogP contribution in [0.2, 0.25) is 0 Å². The first kappa shape index (κ1) is 9.76. The average molecular weight is 174 g/mol. The zero-order valence-electron chi connectivity index (χ0n) is 8.28. The first-order valence-corrected chi connectivity index (χ1v) is 4.28. The van der Waals surface area contributed by atoms with Crippen molar-refractivity contribution in [1.29, 1.82) is 5.26 Å². The minimum Gasteiger partial charge on any atom is -0.291 e. The molecule has 1 rings (SSSR count). The molecule has 68 valence electrons. The Morgan fingerprint density at radius 2 is 1.92 bits per heavy atom. The van der Waals surface area contributed by atoms with E-state index in [1.54, 1.807) is 0 Å². The molecule has 0 aromatic heterocycles. The second kappa shape index (κ2) is 4.06. The molecule has 13 heavy (non-hydrogen) atoms. The molecule has 0 aliphatic carbocycles. The quantitative estimate of drug-likeness (QED) is 0.686. The van der Waals surface area contributed by atoms with Gasteiger partial charge in [0.15, 0.2) is 0 Å². The highest BCUT2D eigenvalue weighted by Gasteiger charge is 2.13. The van der Waals surface area contributed by atoms with Gasteiger partial charge in [-0.3, -0.25) is 4.90 Å². The lowest BCUT2D eigenvalue weighted by atomic mass is 10.0. The molecule has 0 radical (unpaired) electrons. The lowest BCUT2D eigenvalue weighted by Crippen LogP contribution is -2.18. The second-order valence-corrected chi connectivity index (χ2v) is 3.35. The van der Waals surface area contributed by atoms with Crippen LogP contribution in [0.3, 0.4) is 0 Å². The third-order valence-electron chi connectivity index (χ3n) is 2.12. The van der Waals surface area contributed by atoms with Crippen LogP contribution in [0.25, 0.3) is 0 Å². The third-order valence-corrected chi connectivity index (χ3v) is 2.12. The Bertz CT molecular complexity index is 323. The molecule has 1 atom stereocenters. The van der Waals surface area contributed by atoms with Crippen molar-refractivity contribution in [3.63, 3.8) is 0 Å². The van der Waals surface area contributed by atoms with Crippen molar-refractivity contribution in [2.75, 3.05) is 14.1 Å². The smallest absolute Gasteiger partial charge is 0.123 e. The van der Waals surface area contributed by atoms with Crippen molar-refractivity contribution in [1.82, 2.24) is 4.90 Å². The maximum atomic E-state index is 8.98. The van der Waals surface area contributed by atoms with Crippen LogP contribution in [-0.2, 0) is 0 Å². The van der Waals surface area contributed by atoms with E-state index in [1.165, 1.54) is 5.56 Å². The summed E-state index contributed by atoms with van der Waals surface area (Å²) >= 11 is 0. The molecule has 0 amide bonds. The lowest BCUT2D eigenvalue weighted by Gasteiger charge is -2.18. The van der Waals surface area contributed by atoms with E-state index < -0.39 is 0 Å². The van der Waals surface area contributed by atoms with Crippen LogP contribution in [0.4, 0.5) is 0 Å². The number of benzene rings is 1. The number of rotatable bonds is 2. The molecule has 0 saturated carbocycles. The van der Waals surface area contributed by atoms with Crippen molar-refractivity contribution < 1.29 is 0 Å². The molecule has 0 N–H and O–H groups in total. The molecule has 2 heteroatoms. The first-order valence-electron chi connectivity index (χ1n) is 4.28. The maximum absolute atomic E-state index is 8.98. The van der Waals surface area contributed by atoms with Crippen LogP contribution in [0.5, 0.6) is 0 Å². The van der Waals surface area contributed by atoms with Gasteiger partial charge in [0.05, 0.1) is 6.07 Å². The van der Waals surface area contributed by atoms with Gasteiger partial charge in [-0.2, -0.15) is 5.26 Å². The molecule has 0 aliphatic rings. The van der Waals surface area contributed by atoms with Gasteiger partial charge in [-0.05, 0) is 32.1 Å². The van der Waals surface area contributed by atoms with E-state index in [9.17, 15) is 0 Å². The van der Waals surface area contributed by atoms with Crippen molar-refractivity contribution in [3.05, 3.63) is 35.4 Å². The number of hydrogen-bond donors (Lipinski definition) is 0. The summed E-state index contributed by atoms with van der Waals surface area (Å²) in [5.74, 6) is 0.